The van der Waals surface area contributed by atoms with Gasteiger partial charge >= 0.3 is 0 Å². The molecule has 0 unspecified atom stereocenters. The summed E-state index contributed by atoms with van der Waals surface area (Å²) in [5.41, 5.74) is 1.38. The predicted molar refractivity (Wildman–Crippen MR) is 94.3 cm³/mol. The topological polar surface area (TPSA) is 73.2 Å². The van der Waals surface area contributed by atoms with E-state index in [1.807, 2.05) is 6.07 Å². The highest BCUT2D eigenvalue weighted by atomic mass is 35.5. The molecule has 0 fully saturated rings. The summed E-state index contributed by atoms with van der Waals surface area (Å²) in [6.45, 7) is 1.13. The van der Waals surface area contributed by atoms with Crippen molar-refractivity contribution in [1.29, 1.82) is 5.26 Å². The first-order chi connectivity index (χ1) is 11.4. The number of amides is 2. The second kappa shape index (κ2) is 7.82. The van der Waals surface area contributed by atoms with Gasteiger partial charge in [-0.25, -0.2) is 0 Å². The summed E-state index contributed by atoms with van der Waals surface area (Å²) in [5, 5.41) is 11.9. The first kappa shape index (κ1) is 17.8. The number of hydrogen-bond acceptors (Lipinski definition) is 3. The fraction of sp³-hybridized carbons (Fsp3) is 0.118. The zero-order valence-electron chi connectivity index (χ0n) is 12.7. The summed E-state index contributed by atoms with van der Waals surface area (Å²) in [6, 6.07) is 13.3. The molecule has 0 atom stereocenters. The fourth-order valence-electron chi connectivity index (χ4n) is 2.04. The van der Waals surface area contributed by atoms with Gasteiger partial charge in [-0.05, 0) is 36.4 Å². The standard InChI is InChI=1S/C17H13Cl2N3O2/c1-11(23)22(15-4-2-3-14(18)17(15)19)10-16(24)21-13-7-5-12(9-20)6-8-13/h2-8H,10H2,1H3,(H,21,24). The fourth-order valence-corrected chi connectivity index (χ4v) is 2.44. The van der Waals surface area contributed by atoms with Crippen molar-refractivity contribution in [3.05, 3.63) is 58.1 Å². The number of nitrogens with one attached hydrogen (secondary N) is 1. The normalized spacial score (nSPS) is 9.92. The van der Waals surface area contributed by atoms with Crippen LogP contribution in [0.5, 0.6) is 0 Å². The molecule has 0 heterocycles. The van der Waals surface area contributed by atoms with Crippen LogP contribution in [-0.4, -0.2) is 18.4 Å². The van der Waals surface area contributed by atoms with Crippen molar-refractivity contribution in [2.24, 2.45) is 0 Å². The number of nitriles is 1. The minimum Gasteiger partial charge on any atom is -0.325 e. The zero-order valence-corrected chi connectivity index (χ0v) is 14.2. The van der Waals surface area contributed by atoms with Crippen LogP contribution < -0.4 is 10.2 Å². The average Bonchev–Trinajstić information content (AvgIpc) is 2.56. The van der Waals surface area contributed by atoms with Crippen LogP contribution in [-0.2, 0) is 9.59 Å². The Labute approximate surface area is 149 Å². The molecule has 0 spiro atoms. The second-order valence-corrected chi connectivity index (χ2v) is 5.70. The molecule has 0 radical (unpaired) electrons. The molecular weight excluding hydrogens is 349 g/mol. The maximum Gasteiger partial charge on any atom is 0.244 e. The minimum atomic E-state index is -0.397. The van der Waals surface area contributed by atoms with E-state index >= 15 is 0 Å². The first-order valence-electron chi connectivity index (χ1n) is 6.94. The Hall–Kier alpha value is -2.55. The van der Waals surface area contributed by atoms with E-state index < -0.39 is 5.91 Å². The van der Waals surface area contributed by atoms with Gasteiger partial charge in [0.15, 0.2) is 0 Å². The molecule has 1 N–H and O–H groups in total. The van der Waals surface area contributed by atoms with Gasteiger partial charge in [0.2, 0.25) is 11.8 Å². The van der Waals surface area contributed by atoms with Crippen molar-refractivity contribution < 1.29 is 9.59 Å². The van der Waals surface area contributed by atoms with E-state index in [-0.39, 0.29) is 17.5 Å². The summed E-state index contributed by atoms with van der Waals surface area (Å²) in [4.78, 5) is 25.3. The average molecular weight is 362 g/mol. The Morgan fingerprint density at radius 2 is 1.83 bits per heavy atom. The van der Waals surface area contributed by atoms with E-state index in [9.17, 15) is 9.59 Å². The number of nitrogens with zero attached hydrogens (tertiary/aromatic N) is 2. The number of rotatable bonds is 4. The van der Waals surface area contributed by atoms with Crippen LogP contribution in [0.1, 0.15) is 12.5 Å². The smallest absolute Gasteiger partial charge is 0.244 e. The molecular formula is C17H13Cl2N3O2. The van der Waals surface area contributed by atoms with Crippen LogP contribution in [0.25, 0.3) is 0 Å². The summed E-state index contributed by atoms with van der Waals surface area (Å²) < 4.78 is 0. The SMILES string of the molecule is CC(=O)N(CC(=O)Nc1ccc(C#N)cc1)c1cccc(Cl)c1Cl. The largest absolute Gasteiger partial charge is 0.325 e. The van der Waals surface area contributed by atoms with Crippen LogP contribution in [0.4, 0.5) is 11.4 Å². The highest BCUT2D eigenvalue weighted by Gasteiger charge is 2.19. The molecule has 122 valence electrons. The molecule has 0 aromatic heterocycles. The summed E-state index contributed by atoms with van der Waals surface area (Å²) in [7, 11) is 0. The maximum absolute atomic E-state index is 12.2. The molecule has 0 bridgehead atoms. The third kappa shape index (κ3) is 4.25. The third-order valence-corrected chi connectivity index (χ3v) is 4.01. The first-order valence-corrected chi connectivity index (χ1v) is 7.70. The van der Waals surface area contributed by atoms with Gasteiger partial charge in [-0.2, -0.15) is 5.26 Å². The lowest BCUT2D eigenvalue weighted by Crippen LogP contribution is -2.36. The van der Waals surface area contributed by atoms with Crippen LogP contribution >= 0.6 is 23.2 Å². The Kier molecular flexibility index (Phi) is 5.80. The van der Waals surface area contributed by atoms with Crippen molar-refractivity contribution in [1.82, 2.24) is 0 Å². The van der Waals surface area contributed by atoms with E-state index in [2.05, 4.69) is 5.32 Å². The van der Waals surface area contributed by atoms with Gasteiger partial charge < -0.3 is 10.2 Å². The molecule has 0 aliphatic carbocycles. The third-order valence-electron chi connectivity index (χ3n) is 3.20. The van der Waals surface area contributed by atoms with Gasteiger partial charge in [-0.15, -0.1) is 0 Å². The molecule has 0 aliphatic heterocycles. The lowest BCUT2D eigenvalue weighted by molar-refractivity contribution is -0.120. The number of halogens is 2. The number of carbonyl (C=O) groups excluding carboxylic acids is 2. The number of hydrogen-bond donors (Lipinski definition) is 1. The predicted octanol–water partition coefficient (Wildman–Crippen LogP) is 3.86. The van der Waals surface area contributed by atoms with Crippen LogP contribution in [0.15, 0.2) is 42.5 Å². The van der Waals surface area contributed by atoms with Crippen molar-refractivity contribution >= 4 is 46.4 Å². The highest BCUT2D eigenvalue weighted by Crippen LogP contribution is 2.32. The molecule has 2 aromatic carbocycles. The van der Waals surface area contributed by atoms with Gasteiger partial charge in [0.1, 0.15) is 6.54 Å². The Morgan fingerprint density at radius 1 is 1.17 bits per heavy atom. The van der Waals surface area contributed by atoms with E-state index in [4.69, 9.17) is 28.5 Å². The van der Waals surface area contributed by atoms with Crippen molar-refractivity contribution in [3.8, 4) is 6.07 Å². The molecule has 0 saturated heterocycles. The Bertz CT molecular complexity index is 814. The molecule has 2 rings (SSSR count). The molecule has 0 aliphatic rings. The van der Waals surface area contributed by atoms with Crippen LogP contribution in [0, 0.1) is 11.3 Å². The van der Waals surface area contributed by atoms with Gasteiger partial charge in [0.05, 0.1) is 27.4 Å². The maximum atomic E-state index is 12.2. The molecule has 2 aromatic rings. The number of benzene rings is 2. The van der Waals surface area contributed by atoms with E-state index in [0.717, 1.165) is 0 Å². The Morgan fingerprint density at radius 3 is 2.42 bits per heavy atom. The van der Waals surface area contributed by atoms with E-state index in [1.54, 1.807) is 42.5 Å². The molecule has 2 amide bonds. The minimum absolute atomic E-state index is 0.209. The second-order valence-electron chi connectivity index (χ2n) is 4.92. The van der Waals surface area contributed by atoms with Crippen LogP contribution in [0.2, 0.25) is 10.0 Å². The molecule has 0 saturated carbocycles. The molecule has 24 heavy (non-hydrogen) atoms. The van der Waals surface area contributed by atoms with Gasteiger partial charge in [-0.3, -0.25) is 9.59 Å². The van der Waals surface area contributed by atoms with Gasteiger partial charge in [0, 0.05) is 12.6 Å². The van der Waals surface area contributed by atoms with Crippen molar-refractivity contribution in [2.45, 2.75) is 6.92 Å². The highest BCUT2D eigenvalue weighted by molar-refractivity contribution is 6.44. The summed E-state index contributed by atoms with van der Waals surface area (Å²) in [5.74, 6) is -0.736. The molecule has 5 nitrogen and oxygen atoms in total. The zero-order chi connectivity index (χ0) is 17.7. The van der Waals surface area contributed by atoms with E-state index in [1.165, 1.54) is 11.8 Å². The van der Waals surface area contributed by atoms with E-state index in [0.29, 0.717) is 22.0 Å². The molecule has 7 heteroatoms. The van der Waals surface area contributed by atoms with Crippen molar-refractivity contribution in [2.75, 3.05) is 16.8 Å². The summed E-state index contributed by atoms with van der Waals surface area (Å²) >= 11 is 12.1. The van der Waals surface area contributed by atoms with Crippen LogP contribution in [0.3, 0.4) is 0 Å². The number of carbonyl (C=O) groups is 2. The quantitative estimate of drug-likeness (QED) is 0.898. The number of anilines is 2. The monoisotopic (exact) mass is 361 g/mol. The van der Waals surface area contributed by atoms with Gasteiger partial charge in [-0.1, -0.05) is 29.3 Å². The summed E-state index contributed by atoms with van der Waals surface area (Å²) in [6.07, 6.45) is 0. The van der Waals surface area contributed by atoms with Crippen molar-refractivity contribution in [3.63, 3.8) is 0 Å². The lowest BCUT2D eigenvalue weighted by atomic mass is 10.2. The Balaban J connectivity index is 2.15. The van der Waals surface area contributed by atoms with Gasteiger partial charge in [0.25, 0.3) is 0 Å². The lowest BCUT2D eigenvalue weighted by Gasteiger charge is -2.22.